The number of urea groups is 1. The maximum atomic E-state index is 12.1. The van der Waals surface area contributed by atoms with Crippen molar-refractivity contribution < 1.29 is 9.59 Å². The minimum Gasteiger partial charge on any atom is -0.335 e. The van der Waals surface area contributed by atoms with E-state index in [0.29, 0.717) is 22.0 Å². The second kappa shape index (κ2) is 9.38. The maximum absolute atomic E-state index is 12.1. The van der Waals surface area contributed by atoms with Crippen molar-refractivity contribution in [2.45, 2.75) is 44.3 Å². The third-order valence-corrected chi connectivity index (χ3v) is 6.29. The van der Waals surface area contributed by atoms with Crippen molar-refractivity contribution in [2.75, 3.05) is 5.75 Å². The van der Waals surface area contributed by atoms with E-state index >= 15 is 0 Å². The molecule has 28 heavy (non-hydrogen) atoms. The molecule has 1 aromatic carbocycles. The summed E-state index contributed by atoms with van der Waals surface area (Å²) in [6.45, 7) is 4.34. The minimum atomic E-state index is -0.450. The fourth-order valence-corrected chi connectivity index (χ4v) is 4.11. The summed E-state index contributed by atoms with van der Waals surface area (Å²) in [6, 6.07) is 6.68. The Morgan fingerprint density at radius 1 is 1.25 bits per heavy atom. The van der Waals surface area contributed by atoms with Crippen molar-refractivity contribution in [2.24, 2.45) is 11.8 Å². The Balaban J connectivity index is 1.50. The van der Waals surface area contributed by atoms with Gasteiger partial charge in [0.2, 0.25) is 11.1 Å². The fraction of sp³-hybridized carbons (Fsp3) is 0.500. The molecule has 1 saturated carbocycles. The Morgan fingerprint density at radius 2 is 2.00 bits per heavy atom. The van der Waals surface area contributed by atoms with Gasteiger partial charge in [0.25, 0.3) is 0 Å². The van der Waals surface area contributed by atoms with Crippen molar-refractivity contribution >= 4 is 35.3 Å². The quantitative estimate of drug-likeness (QED) is 0.718. The number of thioether (sulfide) groups is 1. The summed E-state index contributed by atoms with van der Waals surface area (Å²) in [5.74, 6) is 0.590. The third kappa shape index (κ3) is 5.23. The van der Waals surface area contributed by atoms with Crippen LogP contribution in [-0.4, -0.2) is 43.9 Å². The lowest BCUT2D eigenvalue weighted by atomic mass is 9.78. The Kier molecular flexibility index (Phi) is 6.90. The highest BCUT2D eigenvalue weighted by atomic mass is 35.5. The van der Waals surface area contributed by atoms with Crippen LogP contribution < -0.4 is 10.6 Å². The van der Waals surface area contributed by atoms with Gasteiger partial charge in [-0.25, -0.2) is 4.79 Å². The number of rotatable bonds is 5. The van der Waals surface area contributed by atoms with Crippen molar-refractivity contribution in [1.82, 2.24) is 30.8 Å². The van der Waals surface area contributed by atoms with Gasteiger partial charge in [-0.3, -0.25) is 10.1 Å². The highest BCUT2D eigenvalue weighted by Crippen LogP contribution is 2.29. The molecule has 1 aromatic heterocycles. The number of benzene rings is 1. The lowest BCUT2D eigenvalue weighted by Crippen LogP contribution is -2.49. The molecule has 3 rings (SSSR count). The summed E-state index contributed by atoms with van der Waals surface area (Å²) in [4.78, 5) is 24.3. The van der Waals surface area contributed by atoms with Gasteiger partial charge in [0.15, 0.2) is 0 Å². The van der Waals surface area contributed by atoms with E-state index in [-0.39, 0.29) is 11.8 Å². The van der Waals surface area contributed by atoms with Gasteiger partial charge in [-0.15, -0.1) is 5.10 Å². The largest absolute Gasteiger partial charge is 0.335 e. The average molecular weight is 423 g/mol. The molecule has 0 bridgehead atoms. The first-order chi connectivity index (χ1) is 13.4. The Morgan fingerprint density at radius 3 is 2.75 bits per heavy atom. The summed E-state index contributed by atoms with van der Waals surface area (Å²) < 4.78 is 1.51. The van der Waals surface area contributed by atoms with Crippen molar-refractivity contribution in [3.63, 3.8) is 0 Å². The Bertz CT molecular complexity index is 828. The molecule has 0 radical (unpaired) electrons. The van der Waals surface area contributed by atoms with E-state index in [1.807, 2.05) is 0 Å². The first-order valence-electron chi connectivity index (χ1n) is 9.21. The lowest BCUT2D eigenvalue weighted by molar-refractivity contribution is -0.117. The first-order valence-corrected chi connectivity index (χ1v) is 10.6. The van der Waals surface area contributed by atoms with Crippen LogP contribution in [0, 0.1) is 11.8 Å². The zero-order valence-electron chi connectivity index (χ0n) is 15.8. The molecule has 0 spiro atoms. The summed E-state index contributed by atoms with van der Waals surface area (Å²) >= 11 is 7.05. The molecular formula is C18H23ClN6O2S. The van der Waals surface area contributed by atoms with Gasteiger partial charge in [-0.2, -0.15) is 4.68 Å². The predicted octanol–water partition coefficient (Wildman–Crippen LogP) is 3.06. The smallest absolute Gasteiger partial charge is 0.321 e. The molecule has 10 heteroatoms. The van der Waals surface area contributed by atoms with Crippen LogP contribution >= 0.6 is 23.4 Å². The topological polar surface area (TPSA) is 102 Å². The molecule has 3 unspecified atom stereocenters. The highest BCUT2D eigenvalue weighted by Gasteiger charge is 2.28. The average Bonchev–Trinajstić information content (AvgIpc) is 3.13. The van der Waals surface area contributed by atoms with Crippen LogP contribution in [0.15, 0.2) is 29.4 Å². The van der Waals surface area contributed by atoms with Crippen LogP contribution in [0.25, 0.3) is 5.69 Å². The normalized spacial score (nSPS) is 21.9. The number of carbonyl (C=O) groups is 2. The third-order valence-electron chi connectivity index (χ3n) is 5.12. The van der Waals surface area contributed by atoms with E-state index in [0.717, 1.165) is 30.3 Å². The molecule has 150 valence electrons. The van der Waals surface area contributed by atoms with Crippen LogP contribution in [0.4, 0.5) is 4.79 Å². The highest BCUT2D eigenvalue weighted by molar-refractivity contribution is 7.99. The Hall–Kier alpha value is -2.13. The molecule has 1 aliphatic carbocycles. The molecule has 1 heterocycles. The SMILES string of the molecule is CC1CCCC(NC(=O)NC(=O)CSc2nnnn2-c2ccc(Cl)cc2)C1C. The lowest BCUT2D eigenvalue weighted by Gasteiger charge is -2.34. The molecule has 1 aliphatic rings. The fourth-order valence-electron chi connectivity index (χ4n) is 3.30. The van der Waals surface area contributed by atoms with E-state index in [9.17, 15) is 9.59 Å². The number of nitrogens with one attached hydrogen (secondary N) is 2. The molecule has 8 nitrogen and oxygen atoms in total. The van der Waals surface area contributed by atoms with Crippen molar-refractivity contribution in [1.29, 1.82) is 0 Å². The molecule has 3 amide bonds. The van der Waals surface area contributed by atoms with E-state index < -0.39 is 11.9 Å². The second-order valence-corrected chi connectivity index (χ2v) is 8.41. The summed E-state index contributed by atoms with van der Waals surface area (Å²) in [5, 5.41) is 17.9. The van der Waals surface area contributed by atoms with E-state index in [1.165, 1.54) is 11.1 Å². The maximum Gasteiger partial charge on any atom is 0.321 e. The Labute approximate surface area is 172 Å². The van der Waals surface area contributed by atoms with Gasteiger partial charge in [-0.05, 0) is 52.9 Å². The van der Waals surface area contributed by atoms with Crippen LogP contribution in [-0.2, 0) is 4.79 Å². The standard InChI is InChI=1S/C18H23ClN6O2S/c1-11-4-3-5-15(12(11)2)20-17(27)21-16(26)10-28-18-22-23-24-25(18)14-8-6-13(19)7-9-14/h6-9,11-12,15H,3-5,10H2,1-2H3,(H2,20,21,26,27). The molecule has 0 saturated heterocycles. The number of imide groups is 1. The number of carbonyl (C=O) groups excluding carboxylic acids is 2. The minimum absolute atomic E-state index is 0.0258. The van der Waals surface area contributed by atoms with Gasteiger partial charge in [0, 0.05) is 11.1 Å². The van der Waals surface area contributed by atoms with Gasteiger partial charge >= 0.3 is 6.03 Å². The van der Waals surface area contributed by atoms with E-state index in [1.54, 1.807) is 24.3 Å². The van der Waals surface area contributed by atoms with Crippen LogP contribution in [0.2, 0.25) is 5.02 Å². The van der Waals surface area contributed by atoms with Crippen molar-refractivity contribution in [3.8, 4) is 5.69 Å². The second-order valence-electron chi connectivity index (χ2n) is 7.03. The predicted molar refractivity (Wildman–Crippen MR) is 108 cm³/mol. The van der Waals surface area contributed by atoms with Gasteiger partial charge in [-0.1, -0.05) is 50.1 Å². The molecule has 0 aliphatic heterocycles. The molecule has 2 N–H and O–H groups in total. The van der Waals surface area contributed by atoms with Gasteiger partial charge in [0.1, 0.15) is 0 Å². The number of tetrazole rings is 1. The van der Waals surface area contributed by atoms with Crippen LogP contribution in [0.3, 0.4) is 0 Å². The van der Waals surface area contributed by atoms with Crippen LogP contribution in [0.1, 0.15) is 33.1 Å². The van der Waals surface area contributed by atoms with E-state index in [4.69, 9.17) is 11.6 Å². The van der Waals surface area contributed by atoms with Gasteiger partial charge in [0.05, 0.1) is 11.4 Å². The monoisotopic (exact) mass is 422 g/mol. The number of amides is 3. The molecule has 3 atom stereocenters. The first kappa shape index (κ1) is 20.6. The summed E-state index contributed by atoms with van der Waals surface area (Å²) in [6.07, 6.45) is 3.21. The summed E-state index contributed by atoms with van der Waals surface area (Å²) in [7, 11) is 0. The molecule has 2 aromatic rings. The number of aromatic nitrogens is 4. The number of halogens is 1. The summed E-state index contributed by atoms with van der Waals surface area (Å²) in [5.41, 5.74) is 0.732. The van der Waals surface area contributed by atoms with Crippen LogP contribution in [0.5, 0.6) is 0 Å². The van der Waals surface area contributed by atoms with Gasteiger partial charge < -0.3 is 5.32 Å². The molecular weight excluding hydrogens is 400 g/mol. The zero-order chi connectivity index (χ0) is 20.1. The number of hydrogen-bond acceptors (Lipinski definition) is 6. The van der Waals surface area contributed by atoms with E-state index in [2.05, 4.69) is 40.0 Å². The molecule has 1 fully saturated rings. The number of nitrogens with zero attached hydrogens (tertiary/aromatic N) is 4. The van der Waals surface area contributed by atoms with Crippen molar-refractivity contribution in [3.05, 3.63) is 29.3 Å². The number of hydrogen-bond donors (Lipinski definition) is 2. The zero-order valence-corrected chi connectivity index (χ0v) is 17.3.